The lowest BCUT2D eigenvalue weighted by atomic mass is 10.2. The van der Waals surface area contributed by atoms with E-state index in [0.29, 0.717) is 11.3 Å². The molecule has 1 aliphatic carbocycles. The van der Waals surface area contributed by atoms with E-state index in [1.807, 2.05) is 0 Å². The van der Waals surface area contributed by atoms with Crippen LogP contribution < -0.4 is 0 Å². The Morgan fingerprint density at radius 2 is 1.88 bits per heavy atom. The van der Waals surface area contributed by atoms with Gasteiger partial charge in [0.1, 0.15) is 0 Å². The standard InChI is InChI=1S/C9H16F2NO4P/c1-17-6-2-3-8(13,14)12(6)9(15,16)5-4-7(5,10)11/h5-6,13-17H,2-4H2,1H3. The second-order valence-electron chi connectivity index (χ2n) is 4.69. The average molecular weight is 271 g/mol. The Labute approximate surface area is 98.8 Å². The number of hydrogen-bond acceptors (Lipinski definition) is 5. The van der Waals surface area contributed by atoms with Crippen LogP contribution in [0.3, 0.4) is 0 Å². The van der Waals surface area contributed by atoms with Crippen molar-refractivity contribution < 1.29 is 29.2 Å². The van der Waals surface area contributed by atoms with Crippen LogP contribution in [0.25, 0.3) is 0 Å². The molecular weight excluding hydrogens is 255 g/mol. The molecule has 0 radical (unpaired) electrons. The van der Waals surface area contributed by atoms with Crippen LogP contribution >= 0.6 is 8.58 Å². The molecule has 1 heterocycles. The number of aliphatic hydroxyl groups is 4. The van der Waals surface area contributed by atoms with Crippen LogP contribution in [0.4, 0.5) is 8.78 Å². The molecule has 2 rings (SSSR count). The van der Waals surface area contributed by atoms with Crippen molar-refractivity contribution in [1.82, 2.24) is 4.90 Å². The van der Waals surface area contributed by atoms with Crippen LogP contribution in [0.5, 0.6) is 0 Å². The summed E-state index contributed by atoms with van der Waals surface area (Å²) in [4.78, 5) is 0.615. The number of halogens is 2. The fourth-order valence-electron chi connectivity index (χ4n) is 2.40. The summed E-state index contributed by atoms with van der Waals surface area (Å²) in [6.07, 6.45) is -0.394. The summed E-state index contributed by atoms with van der Waals surface area (Å²) in [5.41, 5.74) is 0. The Morgan fingerprint density at radius 1 is 1.35 bits per heavy atom. The van der Waals surface area contributed by atoms with E-state index >= 15 is 0 Å². The Kier molecular flexibility index (Phi) is 3.01. The topological polar surface area (TPSA) is 84.2 Å². The highest BCUT2D eigenvalue weighted by Gasteiger charge is 2.71. The summed E-state index contributed by atoms with van der Waals surface area (Å²) in [6.45, 7) is 1.75. The third-order valence-corrected chi connectivity index (χ3v) is 4.65. The molecule has 0 aromatic rings. The van der Waals surface area contributed by atoms with Gasteiger partial charge >= 0.3 is 0 Å². The maximum absolute atomic E-state index is 12.9. The van der Waals surface area contributed by atoms with Crippen molar-refractivity contribution in [3.63, 3.8) is 0 Å². The Balaban J connectivity index is 2.24. The molecule has 0 spiro atoms. The van der Waals surface area contributed by atoms with Crippen LogP contribution in [-0.2, 0) is 0 Å². The Bertz CT molecular complexity index is 326. The van der Waals surface area contributed by atoms with E-state index in [0.717, 1.165) is 0 Å². The Morgan fingerprint density at radius 3 is 2.29 bits per heavy atom. The summed E-state index contributed by atoms with van der Waals surface area (Å²) in [5.74, 6) is -10.6. The quantitative estimate of drug-likeness (QED) is 0.416. The van der Waals surface area contributed by atoms with Crippen molar-refractivity contribution in [2.45, 2.75) is 42.8 Å². The fraction of sp³-hybridized carbons (Fsp3) is 1.00. The van der Waals surface area contributed by atoms with Crippen LogP contribution in [0.2, 0.25) is 0 Å². The van der Waals surface area contributed by atoms with Gasteiger partial charge in [-0.3, -0.25) is 0 Å². The highest BCUT2D eigenvalue weighted by molar-refractivity contribution is 7.37. The van der Waals surface area contributed by atoms with Gasteiger partial charge in [-0.05, 0) is 13.1 Å². The minimum absolute atomic E-state index is 0.0837. The first-order valence-corrected chi connectivity index (χ1v) is 6.94. The summed E-state index contributed by atoms with van der Waals surface area (Å²) >= 11 is 0. The van der Waals surface area contributed by atoms with Gasteiger partial charge in [0.25, 0.3) is 5.92 Å². The van der Waals surface area contributed by atoms with E-state index in [4.69, 9.17) is 0 Å². The number of hydrogen-bond donors (Lipinski definition) is 4. The van der Waals surface area contributed by atoms with Gasteiger partial charge < -0.3 is 20.4 Å². The molecule has 0 aromatic carbocycles. The fourth-order valence-corrected chi connectivity index (χ4v) is 3.49. The van der Waals surface area contributed by atoms with Gasteiger partial charge in [-0.15, -0.1) is 8.58 Å². The zero-order valence-corrected chi connectivity index (χ0v) is 10.3. The van der Waals surface area contributed by atoms with Gasteiger partial charge in [0, 0.05) is 18.6 Å². The van der Waals surface area contributed by atoms with Gasteiger partial charge in [-0.2, -0.15) is 4.90 Å². The lowest BCUT2D eigenvalue weighted by Gasteiger charge is -2.41. The van der Waals surface area contributed by atoms with Gasteiger partial charge in [-0.25, -0.2) is 8.78 Å². The monoisotopic (exact) mass is 271 g/mol. The number of alkyl halides is 2. The third kappa shape index (κ3) is 2.09. The van der Waals surface area contributed by atoms with Crippen LogP contribution in [0, 0.1) is 5.92 Å². The minimum Gasteiger partial charge on any atom is -0.353 e. The summed E-state index contributed by atoms with van der Waals surface area (Å²) < 4.78 is 25.8. The van der Waals surface area contributed by atoms with Crippen molar-refractivity contribution >= 4 is 8.58 Å². The van der Waals surface area contributed by atoms with Gasteiger partial charge in [0.05, 0.1) is 5.92 Å². The van der Waals surface area contributed by atoms with Crippen molar-refractivity contribution in [2.75, 3.05) is 6.66 Å². The molecule has 100 valence electrons. The molecule has 3 unspecified atom stereocenters. The SMILES string of the molecule is CPC1CCC(O)(O)N1C(O)(O)C1CC1(F)F. The molecule has 4 N–H and O–H groups in total. The molecular formula is C9H16F2NO4P. The Hall–Kier alpha value is 0.0900. The van der Waals surface area contributed by atoms with Crippen molar-refractivity contribution in [1.29, 1.82) is 0 Å². The van der Waals surface area contributed by atoms with E-state index in [1.165, 1.54) is 0 Å². The first-order valence-electron chi connectivity index (χ1n) is 5.37. The van der Waals surface area contributed by atoms with E-state index in [9.17, 15) is 29.2 Å². The summed E-state index contributed by atoms with van der Waals surface area (Å²) in [7, 11) is 0.176. The second kappa shape index (κ2) is 3.79. The lowest BCUT2D eigenvalue weighted by molar-refractivity contribution is -0.384. The first-order chi connectivity index (χ1) is 7.63. The van der Waals surface area contributed by atoms with E-state index in [-0.39, 0.29) is 15.0 Å². The highest BCUT2D eigenvalue weighted by Crippen LogP contribution is 2.57. The molecule has 5 nitrogen and oxygen atoms in total. The molecule has 0 aromatic heterocycles. The van der Waals surface area contributed by atoms with Gasteiger partial charge in [0.15, 0.2) is 0 Å². The molecule has 1 saturated carbocycles. The molecule has 2 aliphatic rings. The highest BCUT2D eigenvalue weighted by atomic mass is 31.1. The third-order valence-electron chi connectivity index (χ3n) is 3.43. The average Bonchev–Trinajstić information content (AvgIpc) is 2.69. The predicted molar refractivity (Wildman–Crippen MR) is 56.5 cm³/mol. The van der Waals surface area contributed by atoms with Crippen LogP contribution in [0.1, 0.15) is 19.3 Å². The maximum atomic E-state index is 12.9. The smallest absolute Gasteiger partial charge is 0.258 e. The molecule has 2 fully saturated rings. The lowest BCUT2D eigenvalue weighted by Crippen LogP contribution is -2.61. The van der Waals surface area contributed by atoms with E-state index in [2.05, 4.69) is 0 Å². The largest absolute Gasteiger partial charge is 0.353 e. The van der Waals surface area contributed by atoms with Gasteiger partial charge in [0.2, 0.25) is 11.8 Å². The number of likely N-dealkylation sites (tertiary alicyclic amines) is 1. The molecule has 17 heavy (non-hydrogen) atoms. The zero-order chi connectivity index (χ0) is 13.1. The van der Waals surface area contributed by atoms with Crippen LogP contribution in [0.15, 0.2) is 0 Å². The minimum atomic E-state index is -3.15. The molecule has 8 heteroatoms. The number of rotatable bonds is 3. The van der Waals surface area contributed by atoms with Crippen molar-refractivity contribution in [2.24, 2.45) is 5.92 Å². The van der Waals surface area contributed by atoms with E-state index < -0.39 is 35.9 Å². The first kappa shape index (κ1) is 13.5. The predicted octanol–water partition coefficient (Wildman–Crippen LogP) is -0.351. The maximum Gasteiger partial charge on any atom is 0.258 e. The van der Waals surface area contributed by atoms with Crippen LogP contribution in [-0.4, -0.2) is 55.5 Å². The summed E-state index contributed by atoms with van der Waals surface area (Å²) in [6, 6.07) is 0. The molecule has 0 amide bonds. The van der Waals surface area contributed by atoms with Gasteiger partial charge in [-0.1, -0.05) is 0 Å². The second-order valence-corrected chi connectivity index (χ2v) is 5.94. The molecule has 1 aliphatic heterocycles. The zero-order valence-electron chi connectivity index (χ0n) is 9.27. The molecule has 3 atom stereocenters. The number of nitrogens with zero attached hydrogens (tertiary/aromatic N) is 1. The van der Waals surface area contributed by atoms with Crippen molar-refractivity contribution in [3.05, 3.63) is 0 Å². The molecule has 0 bridgehead atoms. The van der Waals surface area contributed by atoms with E-state index in [1.54, 1.807) is 6.66 Å². The summed E-state index contributed by atoms with van der Waals surface area (Å²) in [5, 5.41) is 38.9. The molecule has 1 saturated heterocycles. The van der Waals surface area contributed by atoms with Crippen molar-refractivity contribution in [3.8, 4) is 0 Å². The normalized spacial score (nSPS) is 36.9.